The van der Waals surface area contributed by atoms with Gasteiger partial charge >= 0.3 is 0 Å². The highest BCUT2D eigenvalue weighted by Gasteiger charge is 2.00. The Morgan fingerprint density at radius 2 is 2.27 bits per heavy atom. The molecule has 0 aliphatic rings. The average molecular weight is 156 g/mol. The molecule has 0 heterocycles. The van der Waals surface area contributed by atoms with Crippen molar-refractivity contribution in [1.29, 1.82) is 0 Å². The molecule has 0 rings (SSSR count). The van der Waals surface area contributed by atoms with Crippen molar-refractivity contribution >= 4 is 5.91 Å². The highest BCUT2D eigenvalue weighted by molar-refractivity contribution is 5.77. The van der Waals surface area contributed by atoms with E-state index in [1.54, 1.807) is 19.0 Å². The smallest absolute Gasteiger partial charge is 0.236 e. The van der Waals surface area contributed by atoms with Gasteiger partial charge in [-0.1, -0.05) is 6.08 Å². The molecule has 0 fully saturated rings. The predicted molar refractivity (Wildman–Crippen MR) is 46.4 cm³/mol. The van der Waals surface area contributed by atoms with Gasteiger partial charge in [0.1, 0.15) is 0 Å². The van der Waals surface area contributed by atoms with Gasteiger partial charge in [-0.05, 0) is 13.0 Å². The minimum Gasteiger partial charge on any atom is -0.348 e. The van der Waals surface area contributed by atoms with E-state index in [1.165, 1.54) is 0 Å². The van der Waals surface area contributed by atoms with Crippen molar-refractivity contribution in [1.82, 2.24) is 10.2 Å². The Labute approximate surface area is 68.1 Å². The molecule has 64 valence electrons. The number of nitrogens with one attached hydrogen (secondary N) is 1. The van der Waals surface area contributed by atoms with Crippen LogP contribution in [0.25, 0.3) is 0 Å². The van der Waals surface area contributed by atoms with Crippen molar-refractivity contribution in [3.63, 3.8) is 0 Å². The van der Waals surface area contributed by atoms with Crippen LogP contribution in [0.5, 0.6) is 0 Å². The van der Waals surface area contributed by atoms with Gasteiger partial charge in [-0.3, -0.25) is 4.79 Å². The number of carbonyl (C=O) groups excluding carboxylic acids is 1. The molecule has 0 spiro atoms. The minimum absolute atomic E-state index is 0.106. The van der Waals surface area contributed by atoms with Gasteiger partial charge in [0.15, 0.2) is 0 Å². The number of nitrogens with zero attached hydrogens (tertiary/aromatic N) is 1. The number of rotatable bonds is 5. The van der Waals surface area contributed by atoms with Crippen molar-refractivity contribution in [2.45, 2.75) is 6.42 Å². The number of hydrogen-bond acceptors (Lipinski definition) is 2. The zero-order valence-electron chi connectivity index (χ0n) is 7.26. The zero-order chi connectivity index (χ0) is 8.69. The van der Waals surface area contributed by atoms with Crippen LogP contribution in [-0.4, -0.2) is 38.0 Å². The highest BCUT2D eigenvalue weighted by Crippen LogP contribution is 1.78. The van der Waals surface area contributed by atoms with E-state index < -0.39 is 0 Å². The molecule has 0 saturated heterocycles. The summed E-state index contributed by atoms with van der Waals surface area (Å²) in [7, 11) is 3.50. The lowest BCUT2D eigenvalue weighted by molar-refractivity contribution is -0.127. The summed E-state index contributed by atoms with van der Waals surface area (Å²) in [6, 6.07) is 0. The van der Waals surface area contributed by atoms with Crippen molar-refractivity contribution in [2.24, 2.45) is 0 Å². The fourth-order valence-electron chi connectivity index (χ4n) is 0.558. The Morgan fingerprint density at radius 3 is 2.73 bits per heavy atom. The highest BCUT2D eigenvalue weighted by atomic mass is 16.2. The van der Waals surface area contributed by atoms with Gasteiger partial charge in [-0.25, -0.2) is 0 Å². The summed E-state index contributed by atoms with van der Waals surface area (Å²) in [6.07, 6.45) is 2.73. The molecule has 0 aliphatic heterocycles. The van der Waals surface area contributed by atoms with Crippen LogP contribution in [0, 0.1) is 0 Å². The second-order valence-corrected chi connectivity index (χ2v) is 2.54. The van der Waals surface area contributed by atoms with E-state index >= 15 is 0 Å². The Hall–Kier alpha value is -0.830. The van der Waals surface area contributed by atoms with Crippen LogP contribution in [0.2, 0.25) is 0 Å². The number of amides is 1. The van der Waals surface area contributed by atoms with E-state index in [0.29, 0.717) is 6.54 Å². The predicted octanol–water partition coefficient (Wildman–Crippen LogP) is 0.240. The molecule has 0 bridgehead atoms. The first-order valence-electron chi connectivity index (χ1n) is 3.70. The molecule has 3 heteroatoms. The molecule has 0 aromatic carbocycles. The Bertz CT molecular complexity index is 132. The molecular formula is C8H16N2O. The van der Waals surface area contributed by atoms with E-state index in [2.05, 4.69) is 11.9 Å². The molecule has 1 amide bonds. The summed E-state index contributed by atoms with van der Waals surface area (Å²) in [4.78, 5) is 12.5. The molecule has 1 N–H and O–H groups in total. The largest absolute Gasteiger partial charge is 0.348 e. The average Bonchev–Trinajstić information content (AvgIpc) is 1.97. The SMILES string of the molecule is C=CCCNCC(=O)N(C)C. The van der Waals surface area contributed by atoms with Gasteiger partial charge in [0.2, 0.25) is 5.91 Å². The topological polar surface area (TPSA) is 32.3 Å². The van der Waals surface area contributed by atoms with Crippen molar-refractivity contribution in [3.8, 4) is 0 Å². The third-order valence-corrected chi connectivity index (χ3v) is 1.30. The molecule has 0 radical (unpaired) electrons. The van der Waals surface area contributed by atoms with Crippen molar-refractivity contribution < 1.29 is 4.79 Å². The first-order chi connectivity index (χ1) is 5.18. The number of carbonyl (C=O) groups is 1. The normalized spacial score (nSPS) is 9.27. The summed E-state index contributed by atoms with van der Waals surface area (Å²) < 4.78 is 0. The molecule has 0 aromatic rings. The van der Waals surface area contributed by atoms with E-state index in [0.717, 1.165) is 13.0 Å². The van der Waals surface area contributed by atoms with Gasteiger partial charge in [0.05, 0.1) is 6.54 Å². The summed E-state index contributed by atoms with van der Waals surface area (Å²) in [5, 5.41) is 3.00. The van der Waals surface area contributed by atoms with Gasteiger partial charge in [0, 0.05) is 14.1 Å². The van der Waals surface area contributed by atoms with E-state index in [9.17, 15) is 4.79 Å². The lowest BCUT2D eigenvalue weighted by atomic mass is 10.4. The second-order valence-electron chi connectivity index (χ2n) is 2.54. The summed E-state index contributed by atoms with van der Waals surface area (Å²) in [6.45, 7) is 4.82. The van der Waals surface area contributed by atoms with Crippen LogP contribution in [0.3, 0.4) is 0 Å². The molecule has 0 aliphatic carbocycles. The summed E-state index contributed by atoms with van der Waals surface area (Å²) in [5.41, 5.74) is 0. The fraction of sp³-hybridized carbons (Fsp3) is 0.625. The Balaban J connectivity index is 3.24. The first kappa shape index (κ1) is 10.2. The standard InChI is InChI=1S/C8H16N2O/c1-4-5-6-9-7-8(11)10(2)3/h4,9H,1,5-7H2,2-3H3. The van der Waals surface area contributed by atoms with Gasteiger partial charge < -0.3 is 10.2 Å². The Morgan fingerprint density at radius 1 is 1.64 bits per heavy atom. The maximum absolute atomic E-state index is 10.9. The quantitative estimate of drug-likeness (QED) is 0.457. The van der Waals surface area contributed by atoms with E-state index in [1.807, 2.05) is 6.08 Å². The van der Waals surface area contributed by atoms with Crippen molar-refractivity contribution in [2.75, 3.05) is 27.2 Å². The van der Waals surface area contributed by atoms with Gasteiger partial charge in [-0.15, -0.1) is 6.58 Å². The molecule has 3 nitrogen and oxygen atoms in total. The number of hydrogen-bond donors (Lipinski definition) is 1. The third kappa shape index (κ3) is 5.61. The fourth-order valence-corrected chi connectivity index (χ4v) is 0.558. The van der Waals surface area contributed by atoms with E-state index in [-0.39, 0.29) is 5.91 Å². The van der Waals surface area contributed by atoms with Crippen LogP contribution in [0.15, 0.2) is 12.7 Å². The molecule has 0 unspecified atom stereocenters. The maximum atomic E-state index is 10.9. The van der Waals surface area contributed by atoms with Crippen LogP contribution >= 0.6 is 0 Å². The lowest BCUT2D eigenvalue weighted by Crippen LogP contribution is -2.33. The summed E-state index contributed by atoms with van der Waals surface area (Å²) >= 11 is 0. The van der Waals surface area contributed by atoms with E-state index in [4.69, 9.17) is 0 Å². The molecule has 0 saturated carbocycles. The van der Waals surface area contributed by atoms with Crippen LogP contribution in [0.4, 0.5) is 0 Å². The van der Waals surface area contributed by atoms with Crippen LogP contribution < -0.4 is 5.32 Å². The second kappa shape index (κ2) is 5.92. The first-order valence-corrected chi connectivity index (χ1v) is 3.70. The minimum atomic E-state index is 0.106. The maximum Gasteiger partial charge on any atom is 0.236 e. The van der Waals surface area contributed by atoms with Crippen molar-refractivity contribution in [3.05, 3.63) is 12.7 Å². The lowest BCUT2D eigenvalue weighted by Gasteiger charge is -2.09. The monoisotopic (exact) mass is 156 g/mol. The zero-order valence-corrected chi connectivity index (χ0v) is 7.26. The summed E-state index contributed by atoms with van der Waals surface area (Å²) in [5.74, 6) is 0.106. The molecule has 11 heavy (non-hydrogen) atoms. The van der Waals surface area contributed by atoms with Gasteiger partial charge in [-0.2, -0.15) is 0 Å². The Kier molecular flexibility index (Phi) is 5.47. The van der Waals surface area contributed by atoms with Gasteiger partial charge in [0.25, 0.3) is 0 Å². The third-order valence-electron chi connectivity index (χ3n) is 1.30. The number of likely N-dealkylation sites (N-methyl/N-ethyl adjacent to an activating group) is 1. The van der Waals surface area contributed by atoms with Crippen LogP contribution in [-0.2, 0) is 4.79 Å². The molecular weight excluding hydrogens is 140 g/mol. The molecule has 0 atom stereocenters. The molecule has 0 aromatic heterocycles. The van der Waals surface area contributed by atoms with Crippen LogP contribution in [0.1, 0.15) is 6.42 Å².